The van der Waals surface area contributed by atoms with Crippen LogP contribution in [0.4, 0.5) is 15.9 Å². The number of benzene rings is 1. The lowest BCUT2D eigenvalue weighted by Crippen LogP contribution is -2.50. The molecule has 0 aliphatic carbocycles. The summed E-state index contributed by atoms with van der Waals surface area (Å²) in [5, 5.41) is 7.79. The van der Waals surface area contributed by atoms with Crippen molar-refractivity contribution in [3.63, 3.8) is 0 Å². The zero-order valence-electron chi connectivity index (χ0n) is 18.2. The quantitative estimate of drug-likeness (QED) is 0.675. The van der Waals surface area contributed by atoms with Gasteiger partial charge in [0, 0.05) is 50.1 Å². The molecule has 166 valence electrons. The van der Waals surface area contributed by atoms with Gasteiger partial charge in [-0.15, -0.1) is 0 Å². The van der Waals surface area contributed by atoms with Crippen LogP contribution in [0, 0.1) is 5.82 Å². The zero-order valence-corrected chi connectivity index (χ0v) is 18.2. The molecule has 32 heavy (non-hydrogen) atoms. The number of aromatic nitrogens is 2. The van der Waals surface area contributed by atoms with Gasteiger partial charge in [-0.2, -0.15) is 5.10 Å². The van der Waals surface area contributed by atoms with Crippen LogP contribution >= 0.6 is 0 Å². The third kappa shape index (κ3) is 3.55. The third-order valence-corrected chi connectivity index (χ3v) is 6.20. The van der Waals surface area contributed by atoms with Crippen molar-refractivity contribution >= 4 is 17.4 Å². The Balaban J connectivity index is 1.39. The smallest absolute Gasteiger partial charge is 0.254 e. The van der Waals surface area contributed by atoms with Gasteiger partial charge in [0.25, 0.3) is 5.91 Å². The fourth-order valence-electron chi connectivity index (χ4n) is 4.47. The van der Waals surface area contributed by atoms with Crippen molar-refractivity contribution in [2.45, 2.75) is 26.3 Å². The number of nitrogens with one attached hydrogen (secondary N) is 1. The first-order valence-electron chi connectivity index (χ1n) is 10.9. The zero-order chi connectivity index (χ0) is 22.2. The highest BCUT2D eigenvalue weighted by molar-refractivity contribution is 5.97. The Kier molecular flexibility index (Phi) is 5.20. The van der Waals surface area contributed by atoms with Crippen LogP contribution in [0.25, 0.3) is 0 Å². The van der Waals surface area contributed by atoms with Gasteiger partial charge < -0.3 is 19.5 Å². The van der Waals surface area contributed by atoms with Crippen LogP contribution in [-0.4, -0.2) is 46.8 Å². The summed E-state index contributed by atoms with van der Waals surface area (Å²) in [6.07, 6.45) is 2.51. The number of aryl methyl sites for hydroxylation is 1. The maximum absolute atomic E-state index is 13.7. The predicted octanol–water partition coefficient (Wildman–Crippen LogP) is 3.82. The van der Waals surface area contributed by atoms with Gasteiger partial charge in [0.15, 0.2) is 0 Å². The van der Waals surface area contributed by atoms with E-state index in [-0.39, 0.29) is 11.7 Å². The number of rotatable bonds is 4. The summed E-state index contributed by atoms with van der Waals surface area (Å²) in [6.45, 7) is 6.52. The summed E-state index contributed by atoms with van der Waals surface area (Å²) < 4.78 is 21.1. The standard InChI is InChI=1S/C24H26FN5O2/c1-3-19-8-9-20(32-19)23-22(16(2)27-21-10-11-26-30(21)23)24(31)29-14-12-28(13-15-29)18-6-4-17(25)5-7-18/h4-11,23,27H,3,12-15H2,1-2H3. The van der Waals surface area contributed by atoms with E-state index in [1.165, 1.54) is 12.1 Å². The van der Waals surface area contributed by atoms with E-state index >= 15 is 0 Å². The fourth-order valence-corrected chi connectivity index (χ4v) is 4.47. The van der Waals surface area contributed by atoms with E-state index in [1.807, 2.05) is 41.6 Å². The Morgan fingerprint density at radius 1 is 1.12 bits per heavy atom. The van der Waals surface area contributed by atoms with Crippen molar-refractivity contribution in [2.24, 2.45) is 0 Å². The Bertz CT molecular complexity index is 1160. The number of anilines is 2. The Morgan fingerprint density at radius 2 is 1.88 bits per heavy atom. The van der Waals surface area contributed by atoms with Crippen LogP contribution in [-0.2, 0) is 11.2 Å². The van der Waals surface area contributed by atoms with Crippen molar-refractivity contribution in [3.8, 4) is 0 Å². The molecular weight excluding hydrogens is 409 g/mol. The van der Waals surface area contributed by atoms with Gasteiger partial charge >= 0.3 is 0 Å². The molecule has 2 aliphatic rings. The number of halogens is 1. The molecular formula is C24H26FN5O2. The first-order valence-corrected chi connectivity index (χ1v) is 10.9. The number of allylic oxidation sites excluding steroid dienone is 1. The number of amides is 1. The number of carbonyl (C=O) groups is 1. The van der Waals surface area contributed by atoms with Gasteiger partial charge in [0.05, 0.1) is 11.8 Å². The molecule has 0 saturated carbocycles. The van der Waals surface area contributed by atoms with Crippen LogP contribution in [0.5, 0.6) is 0 Å². The van der Waals surface area contributed by atoms with Crippen LogP contribution in [0.15, 0.2) is 64.3 Å². The normalized spacial score (nSPS) is 18.5. The van der Waals surface area contributed by atoms with Crippen LogP contribution in [0.3, 0.4) is 0 Å². The van der Waals surface area contributed by atoms with E-state index in [1.54, 1.807) is 18.3 Å². The first kappa shape index (κ1) is 20.4. The van der Waals surface area contributed by atoms with E-state index in [9.17, 15) is 9.18 Å². The number of hydrogen-bond donors (Lipinski definition) is 1. The van der Waals surface area contributed by atoms with Gasteiger partial charge in [0.2, 0.25) is 0 Å². The Labute approximate surface area is 186 Å². The number of hydrogen-bond acceptors (Lipinski definition) is 5. The summed E-state index contributed by atoms with van der Waals surface area (Å²) in [4.78, 5) is 17.8. The highest BCUT2D eigenvalue weighted by Gasteiger charge is 2.37. The number of furan rings is 1. The lowest BCUT2D eigenvalue weighted by atomic mass is 9.98. The van der Waals surface area contributed by atoms with Gasteiger partial charge in [-0.1, -0.05) is 6.92 Å². The van der Waals surface area contributed by atoms with Crippen LogP contribution < -0.4 is 10.2 Å². The average Bonchev–Trinajstić information content (AvgIpc) is 3.48. The predicted molar refractivity (Wildman–Crippen MR) is 120 cm³/mol. The van der Waals surface area contributed by atoms with Crippen molar-refractivity contribution in [1.29, 1.82) is 0 Å². The molecule has 0 radical (unpaired) electrons. The molecule has 2 aliphatic heterocycles. The largest absolute Gasteiger partial charge is 0.463 e. The molecule has 1 unspecified atom stereocenters. The number of fused-ring (bicyclic) bond motifs is 1. The van der Waals surface area contributed by atoms with Gasteiger partial charge in [-0.25, -0.2) is 9.07 Å². The summed E-state index contributed by atoms with van der Waals surface area (Å²) in [7, 11) is 0. The van der Waals surface area contributed by atoms with Crippen molar-refractivity contribution in [3.05, 3.63) is 77.3 Å². The molecule has 1 saturated heterocycles. The molecule has 1 amide bonds. The van der Waals surface area contributed by atoms with Gasteiger partial charge in [-0.05, 0) is 43.3 Å². The number of piperazine rings is 1. The van der Waals surface area contributed by atoms with E-state index in [0.717, 1.165) is 29.4 Å². The molecule has 3 aromatic rings. The molecule has 4 heterocycles. The SMILES string of the molecule is CCc1ccc(C2C(C(=O)N3CCN(c4ccc(F)cc4)CC3)=C(C)Nc3ccnn32)o1. The second-order valence-electron chi connectivity index (χ2n) is 8.14. The van der Waals surface area contributed by atoms with Gasteiger partial charge in [0.1, 0.15) is 29.2 Å². The minimum Gasteiger partial charge on any atom is -0.463 e. The van der Waals surface area contributed by atoms with Gasteiger partial charge in [-0.3, -0.25) is 4.79 Å². The van der Waals surface area contributed by atoms with Crippen molar-refractivity contribution < 1.29 is 13.6 Å². The molecule has 8 heteroatoms. The van der Waals surface area contributed by atoms with Crippen LogP contribution in [0.1, 0.15) is 31.4 Å². The first-order chi connectivity index (χ1) is 15.5. The highest BCUT2D eigenvalue weighted by atomic mass is 19.1. The van der Waals surface area contributed by atoms with Crippen molar-refractivity contribution in [2.75, 3.05) is 36.4 Å². The number of nitrogens with zero attached hydrogens (tertiary/aromatic N) is 4. The fraction of sp³-hybridized carbons (Fsp3) is 0.333. The van der Waals surface area contributed by atoms with E-state index < -0.39 is 6.04 Å². The summed E-state index contributed by atoms with van der Waals surface area (Å²) in [6, 6.07) is 11.9. The highest BCUT2D eigenvalue weighted by Crippen LogP contribution is 2.37. The molecule has 1 aromatic carbocycles. The molecule has 1 N–H and O–H groups in total. The maximum atomic E-state index is 13.7. The maximum Gasteiger partial charge on any atom is 0.254 e. The minimum absolute atomic E-state index is 0.0191. The molecule has 2 aromatic heterocycles. The topological polar surface area (TPSA) is 66.5 Å². The Morgan fingerprint density at radius 3 is 2.56 bits per heavy atom. The summed E-state index contributed by atoms with van der Waals surface area (Å²) in [5.74, 6) is 2.16. The van der Waals surface area contributed by atoms with Crippen molar-refractivity contribution in [1.82, 2.24) is 14.7 Å². The molecule has 0 bridgehead atoms. The summed E-state index contributed by atoms with van der Waals surface area (Å²) >= 11 is 0. The lowest BCUT2D eigenvalue weighted by Gasteiger charge is -2.38. The molecule has 1 fully saturated rings. The second kappa shape index (κ2) is 8.18. The molecule has 5 rings (SSSR count). The van der Waals surface area contributed by atoms with E-state index in [4.69, 9.17) is 4.42 Å². The Hall–Kier alpha value is -3.55. The molecule has 1 atom stereocenters. The molecule has 0 spiro atoms. The third-order valence-electron chi connectivity index (χ3n) is 6.20. The average molecular weight is 436 g/mol. The lowest BCUT2D eigenvalue weighted by molar-refractivity contribution is -0.128. The number of carbonyl (C=O) groups excluding carboxylic acids is 1. The minimum atomic E-state index is -0.413. The van der Waals surface area contributed by atoms with E-state index in [0.29, 0.717) is 37.5 Å². The second-order valence-corrected chi connectivity index (χ2v) is 8.14. The monoisotopic (exact) mass is 435 g/mol. The van der Waals surface area contributed by atoms with E-state index in [2.05, 4.69) is 15.3 Å². The van der Waals surface area contributed by atoms with Crippen LogP contribution in [0.2, 0.25) is 0 Å². The molecule has 7 nitrogen and oxygen atoms in total. The summed E-state index contributed by atoms with van der Waals surface area (Å²) in [5.41, 5.74) is 2.42.